The summed E-state index contributed by atoms with van der Waals surface area (Å²) >= 11 is 0. The summed E-state index contributed by atoms with van der Waals surface area (Å²) < 4.78 is 25.5. The van der Waals surface area contributed by atoms with E-state index in [1.54, 1.807) is 25.1 Å². The summed E-state index contributed by atoms with van der Waals surface area (Å²) in [5, 5.41) is 21.5. The zero-order valence-corrected chi connectivity index (χ0v) is 18.1. The molecule has 2 aromatic rings. The number of nitrogens with one attached hydrogen (secondary N) is 1. The summed E-state index contributed by atoms with van der Waals surface area (Å²) in [5.74, 6) is -1.30. The summed E-state index contributed by atoms with van der Waals surface area (Å²) in [6, 6.07) is 10.6. The molecule has 0 unspecified atom stereocenters. The molecule has 3 rings (SSSR count). The van der Waals surface area contributed by atoms with Crippen LogP contribution in [-0.4, -0.2) is 40.8 Å². The van der Waals surface area contributed by atoms with Crippen LogP contribution in [0.5, 0.6) is 5.75 Å². The molecule has 0 aromatic heterocycles. The molecule has 1 aliphatic heterocycles. The van der Waals surface area contributed by atoms with E-state index in [0.29, 0.717) is 30.8 Å². The highest BCUT2D eigenvalue weighted by atomic mass is 19.1. The lowest BCUT2D eigenvalue weighted by molar-refractivity contribution is -0.129. The molecule has 2 aromatic carbocycles. The first-order chi connectivity index (χ1) is 15.2. The van der Waals surface area contributed by atoms with Gasteiger partial charge in [0.05, 0.1) is 31.0 Å². The monoisotopic (exact) mass is 445 g/mol. The van der Waals surface area contributed by atoms with E-state index in [1.165, 1.54) is 24.3 Å². The second-order valence-corrected chi connectivity index (χ2v) is 8.15. The number of aliphatic hydroxyl groups is 1. The summed E-state index contributed by atoms with van der Waals surface area (Å²) in [7, 11) is 0. The lowest BCUT2D eigenvalue weighted by Gasteiger charge is -2.43. The summed E-state index contributed by atoms with van der Waals surface area (Å²) in [6.45, 7) is 3.79. The van der Waals surface area contributed by atoms with Gasteiger partial charge < -0.3 is 25.0 Å². The zero-order valence-electron chi connectivity index (χ0n) is 18.1. The normalized spacial score (nSPS) is 22.9. The van der Waals surface area contributed by atoms with Gasteiger partial charge >= 0.3 is 5.97 Å². The molecule has 3 N–H and O–H groups in total. The fourth-order valence-corrected chi connectivity index (χ4v) is 4.07. The van der Waals surface area contributed by atoms with E-state index in [9.17, 15) is 19.1 Å². The number of carboxylic acid groups (broad SMARTS) is 1. The van der Waals surface area contributed by atoms with Crippen LogP contribution in [0.25, 0.3) is 0 Å². The Hall–Kier alpha value is -2.97. The standard InChI is InChI=1S/C24H28FNO6/c1-3-31-19-12-16(23(29)30)6-9-18(19)21-14-24(2,26-22(28)10-11-27)13-20(32-21)15-4-7-17(25)8-5-15/h4-9,12,20-21,27H,3,10-11,13-14H2,1-2H3,(H,26,28)(H,29,30)/t20-,21+,24+/m0/s1. The lowest BCUT2D eigenvalue weighted by Crippen LogP contribution is -2.51. The van der Waals surface area contributed by atoms with E-state index in [1.807, 2.05) is 6.92 Å². The third kappa shape index (κ3) is 5.63. The smallest absolute Gasteiger partial charge is 0.335 e. The first kappa shape index (κ1) is 23.7. The van der Waals surface area contributed by atoms with Crippen molar-refractivity contribution in [1.82, 2.24) is 5.32 Å². The number of benzene rings is 2. The van der Waals surface area contributed by atoms with Crippen LogP contribution in [0, 0.1) is 5.82 Å². The van der Waals surface area contributed by atoms with Gasteiger partial charge in [0, 0.05) is 30.4 Å². The predicted molar refractivity (Wildman–Crippen MR) is 115 cm³/mol. The number of hydrogen-bond donors (Lipinski definition) is 3. The van der Waals surface area contributed by atoms with Crippen molar-refractivity contribution in [2.75, 3.05) is 13.2 Å². The molecule has 0 aliphatic carbocycles. The van der Waals surface area contributed by atoms with Crippen LogP contribution in [0.1, 0.15) is 66.8 Å². The number of rotatable bonds is 8. The molecule has 1 heterocycles. The third-order valence-corrected chi connectivity index (χ3v) is 5.53. The Morgan fingerprint density at radius 1 is 1.19 bits per heavy atom. The van der Waals surface area contributed by atoms with Gasteiger partial charge in [0.15, 0.2) is 0 Å². The number of amides is 1. The molecule has 0 radical (unpaired) electrons. The van der Waals surface area contributed by atoms with Crippen LogP contribution >= 0.6 is 0 Å². The minimum Gasteiger partial charge on any atom is -0.493 e. The highest BCUT2D eigenvalue weighted by Crippen LogP contribution is 2.46. The van der Waals surface area contributed by atoms with Crippen molar-refractivity contribution < 1.29 is 33.7 Å². The van der Waals surface area contributed by atoms with Gasteiger partial charge in [-0.25, -0.2) is 9.18 Å². The molecule has 0 spiro atoms. The summed E-state index contributed by atoms with van der Waals surface area (Å²) in [6.07, 6.45) is -0.109. The molecule has 32 heavy (non-hydrogen) atoms. The molecule has 1 saturated heterocycles. The number of carboxylic acids is 1. The van der Waals surface area contributed by atoms with Crippen LogP contribution in [0.3, 0.4) is 0 Å². The second kappa shape index (κ2) is 10.1. The van der Waals surface area contributed by atoms with Crippen molar-refractivity contribution in [2.45, 2.75) is 50.9 Å². The van der Waals surface area contributed by atoms with Gasteiger partial charge in [-0.1, -0.05) is 18.2 Å². The van der Waals surface area contributed by atoms with Gasteiger partial charge in [-0.05, 0) is 43.7 Å². The Balaban J connectivity index is 1.99. The molecule has 1 aliphatic rings. The number of halogens is 1. The van der Waals surface area contributed by atoms with Crippen molar-refractivity contribution in [3.63, 3.8) is 0 Å². The fraction of sp³-hybridized carbons (Fsp3) is 0.417. The molecule has 8 heteroatoms. The molecular formula is C24H28FNO6. The molecule has 1 fully saturated rings. The number of carbonyl (C=O) groups excluding carboxylic acids is 1. The Kier molecular flexibility index (Phi) is 7.48. The van der Waals surface area contributed by atoms with E-state index >= 15 is 0 Å². The highest BCUT2D eigenvalue weighted by Gasteiger charge is 2.41. The quantitative estimate of drug-likeness (QED) is 0.571. The summed E-state index contributed by atoms with van der Waals surface area (Å²) in [5.41, 5.74) is 0.857. The molecular weight excluding hydrogens is 417 g/mol. The van der Waals surface area contributed by atoms with E-state index < -0.39 is 23.7 Å². The van der Waals surface area contributed by atoms with E-state index in [0.717, 1.165) is 5.56 Å². The number of hydrogen-bond acceptors (Lipinski definition) is 5. The Morgan fingerprint density at radius 2 is 1.88 bits per heavy atom. The van der Waals surface area contributed by atoms with E-state index in [-0.39, 0.29) is 30.3 Å². The van der Waals surface area contributed by atoms with Crippen molar-refractivity contribution in [2.24, 2.45) is 0 Å². The van der Waals surface area contributed by atoms with Gasteiger partial charge in [-0.3, -0.25) is 4.79 Å². The highest BCUT2D eigenvalue weighted by molar-refractivity contribution is 5.88. The lowest BCUT2D eigenvalue weighted by atomic mass is 9.81. The topological polar surface area (TPSA) is 105 Å². The van der Waals surface area contributed by atoms with Crippen LogP contribution in [-0.2, 0) is 9.53 Å². The second-order valence-electron chi connectivity index (χ2n) is 8.15. The number of aromatic carboxylic acids is 1. The van der Waals surface area contributed by atoms with E-state index in [2.05, 4.69) is 5.32 Å². The van der Waals surface area contributed by atoms with Gasteiger partial charge in [-0.2, -0.15) is 0 Å². The number of carbonyl (C=O) groups is 2. The molecule has 0 saturated carbocycles. The number of ether oxygens (including phenoxy) is 2. The SMILES string of the molecule is CCOc1cc(C(=O)O)ccc1[C@H]1C[C@](C)(NC(=O)CCO)C[C@@H](c2ccc(F)cc2)O1. The van der Waals surface area contributed by atoms with E-state index in [4.69, 9.17) is 14.6 Å². The first-order valence-electron chi connectivity index (χ1n) is 10.6. The maximum atomic E-state index is 13.5. The molecule has 172 valence electrons. The molecule has 1 amide bonds. The van der Waals surface area contributed by atoms with Crippen molar-refractivity contribution in [3.8, 4) is 5.75 Å². The maximum Gasteiger partial charge on any atom is 0.335 e. The van der Waals surface area contributed by atoms with Crippen LogP contribution in [0.4, 0.5) is 4.39 Å². The zero-order chi connectivity index (χ0) is 23.3. The number of aliphatic hydroxyl groups excluding tert-OH is 1. The van der Waals surface area contributed by atoms with Crippen molar-refractivity contribution >= 4 is 11.9 Å². The average molecular weight is 445 g/mol. The Bertz CT molecular complexity index is 963. The van der Waals surface area contributed by atoms with Gasteiger partial charge in [0.2, 0.25) is 5.91 Å². The largest absolute Gasteiger partial charge is 0.493 e. The molecule has 0 bridgehead atoms. The van der Waals surface area contributed by atoms with Crippen LogP contribution in [0.2, 0.25) is 0 Å². The maximum absolute atomic E-state index is 13.5. The summed E-state index contributed by atoms with van der Waals surface area (Å²) in [4.78, 5) is 23.7. The van der Waals surface area contributed by atoms with Gasteiger partial charge in [0.25, 0.3) is 0 Å². The molecule has 7 nitrogen and oxygen atoms in total. The third-order valence-electron chi connectivity index (χ3n) is 5.53. The predicted octanol–water partition coefficient (Wildman–Crippen LogP) is 3.77. The fourth-order valence-electron chi connectivity index (χ4n) is 4.07. The van der Waals surface area contributed by atoms with Gasteiger partial charge in [-0.15, -0.1) is 0 Å². The van der Waals surface area contributed by atoms with Crippen molar-refractivity contribution in [3.05, 3.63) is 65.0 Å². The Morgan fingerprint density at radius 3 is 2.50 bits per heavy atom. The first-order valence-corrected chi connectivity index (χ1v) is 10.6. The van der Waals surface area contributed by atoms with Crippen molar-refractivity contribution in [1.29, 1.82) is 0 Å². The molecule has 3 atom stereocenters. The average Bonchev–Trinajstić information content (AvgIpc) is 2.73. The van der Waals surface area contributed by atoms with Crippen LogP contribution < -0.4 is 10.1 Å². The van der Waals surface area contributed by atoms with Gasteiger partial charge in [0.1, 0.15) is 11.6 Å². The van der Waals surface area contributed by atoms with Crippen LogP contribution in [0.15, 0.2) is 42.5 Å². The minimum absolute atomic E-state index is 0.0141. The minimum atomic E-state index is -1.06. The Labute approximate surface area is 186 Å².